The molecular weight excluding hydrogens is 274 g/mol. The predicted molar refractivity (Wildman–Crippen MR) is 82.2 cm³/mol. The molecular formula is C15H24ClN3O. The van der Waals surface area contributed by atoms with Crippen LogP contribution in [0.4, 0.5) is 5.82 Å². The molecule has 0 spiro atoms. The number of hydrogen-bond donors (Lipinski definition) is 2. The molecule has 112 valence electrons. The van der Waals surface area contributed by atoms with Crippen LogP contribution in [0.15, 0.2) is 6.33 Å². The Kier molecular flexibility index (Phi) is 5.22. The maximum absolute atomic E-state index is 9.75. The zero-order valence-corrected chi connectivity index (χ0v) is 13.1. The highest BCUT2D eigenvalue weighted by Gasteiger charge is 2.31. The van der Waals surface area contributed by atoms with Gasteiger partial charge in [-0.05, 0) is 18.8 Å². The van der Waals surface area contributed by atoms with Gasteiger partial charge in [-0.2, -0.15) is 0 Å². The molecule has 2 N–H and O–H groups in total. The van der Waals surface area contributed by atoms with E-state index in [-0.39, 0.29) is 17.9 Å². The molecule has 0 saturated heterocycles. The Morgan fingerprint density at radius 3 is 2.60 bits per heavy atom. The normalized spacial score (nSPS) is 18.2. The highest BCUT2D eigenvalue weighted by Crippen LogP contribution is 2.36. The first-order chi connectivity index (χ1) is 9.58. The lowest BCUT2D eigenvalue weighted by Crippen LogP contribution is -2.36. The summed E-state index contributed by atoms with van der Waals surface area (Å²) in [5.41, 5.74) is 0.947. The summed E-state index contributed by atoms with van der Waals surface area (Å²) in [5, 5.41) is 13.7. The van der Waals surface area contributed by atoms with Gasteiger partial charge in [0.1, 0.15) is 17.3 Å². The molecule has 0 amide bonds. The molecule has 1 heterocycles. The van der Waals surface area contributed by atoms with Gasteiger partial charge >= 0.3 is 0 Å². The maximum atomic E-state index is 9.75. The van der Waals surface area contributed by atoms with Gasteiger partial charge in [-0.1, -0.05) is 44.7 Å². The lowest BCUT2D eigenvalue weighted by Gasteiger charge is -2.36. The highest BCUT2D eigenvalue weighted by atomic mass is 35.5. The number of nitrogens with zero attached hydrogens (tertiary/aromatic N) is 2. The van der Waals surface area contributed by atoms with Crippen LogP contribution in [0, 0.1) is 5.41 Å². The van der Waals surface area contributed by atoms with E-state index in [1.165, 1.54) is 25.6 Å². The van der Waals surface area contributed by atoms with E-state index < -0.39 is 0 Å². The lowest BCUT2D eigenvalue weighted by molar-refractivity contribution is 0.0943. The van der Waals surface area contributed by atoms with Crippen molar-refractivity contribution in [2.24, 2.45) is 5.41 Å². The Balaban J connectivity index is 2.12. The summed E-state index contributed by atoms with van der Waals surface area (Å²) in [5.74, 6) is 1.07. The molecule has 1 aromatic rings. The standard InChI is InChI=1S/C15H24ClN3O/c1-11(2)12-13(16)18-10-19-14(12)17-8-15(9-20)6-4-3-5-7-15/h10-11,20H,3-9H2,1-2H3,(H,17,18,19). The molecule has 20 heavy (non-hydrogen) atoms. The Hall–Kier alpha value is -0.870. The Bertz CT molecular complexity index is 445. The van der Waals surface area contributed by atoms with Crippen molar-refractivity contribution in [1.29, 1.82) is 0 Å². The molecule has 0 atom stereocenters. The summed E-state index contributed by atoms with van der Waals surface area (Å²) in [6.45, 7) is 5.14. The SMILES string of the molecule is CC(C)c1c(Cl)ncnc1NCC1(CO)CCCCC1. The van der Waals surface area contributed by atoms with Crippen LogP contribution in [-0.2, 0) is 0 Å². The highest BCUT2D eigenvalue weighted by molar-refractivity contribution is 6.30. The molecule has 1 aliphatic rings. The van der Waals surface area contributed by atoms with E-state index in [0.29, 0.717) is 5.15 Å². The van der Waals surface area contributed by atoms with Crippen molar-refractivity contribution in [2.45, 2.75) is 51.9 Å². The van der Waals surface area contributed by atoms with Gasteiger partial charge in [0, 0.05) is 17.5 Å². The molecule has 2 rings (SSSR count). The number of nitrogens with one attached hydrogen (secondary N) is 1. The molecule has 5 heteroatoms. The van der Waals surface area contributed by atoms with Crippen molar-refractivity contribution in [3.05, 3.63) is 17.0 Å². The van der Waals surface area contributed by atoms with Crippen molar-refractivity contribution in [3.8, 4) is 0 Å². The minimum atomic E-state index is -0.00999. The number of aliphatic hydroxyl groups excluding tert-OH is 1. The molecule has 1 saturated carbocycles. The van der Waals surface area contributed by atoms with Crippen LogP contribution in [0.3, 0.4) is 0 Å². The maximum Gasteiger partial charge on any atom is 0.138 e. The lowest BCUT2D eigenvalue weighted by atomic mass is 9.74. The van der Waals surface area contributed by atoms with Gasteiger partial charge in [-0.3, -0.25) is 0 Å². The summed E-state index contributed by atoms with van der Waals surface area (Å²) < 4.78 is 0. The smallest absolute Gasteiger partial charge is 0.138 e. The van der Waals surface area contributed by atoms with Crippen LogP contribution in [0.2, 0.25) is 5.15 Å². The molecule has 0 aromatic carbocycles. The average molecular weight is 298 g/mol. The minimum absolute atomic E-state index is 0.00999. The van der Waals surface area contributed by atoms with Gasteiger partial charge in [-0.25, -0.2) is 9.97 Å². The van der Waals surface area contributed by atoms with Crippen molar-refractivity contribution in [2.75, 3.05) is 18.5 Å². The van der Waals surface area contributed by atoms with E-state index in [2.05, 4.69) is 29.1 Å². The zero-order chi connectivity index (χ0) is 14.6. The quantitative estimate of drug-likeness (QED) is 0.815. The van der Waals surface area contributed by atoms with Crippen molar-refractivity contribution >= 4 is 17.4 Å². The largest absolute Gasteiger partial charge is 0.396 e. The summed E-state index contributed by atoms with van der Waals surface area (Å²) in [6, 6.07) is 0. The Morgan fingerprint density at radius 1 is 1.30 bits per heavy atom. The zero-order valence-electron chi connectivity index (χ0n) is 12.3. The number of halogens is 1. The van der Waals surface area contributed by atoms with E-state index in [9.17, 15) is 5.11 Å². The van der Waals surface area contributed by atoms with Crippen LogP contribution in [0.5, 0.6) is 0 Å². The summed E-state index contributed by atoms with van der Waals surface area (Å²) >= 11 is 6.17. The number of anilines is 1. The molecule has 1 fully saturated rings. The number of aromatic nitrogens is 2. The summed E-state index contributed by atoms with van der Waals surface area (Å²) in [4.78, 5) is 8.38. The first-order valence-electron chi connectivity index (χ1n) is 7.43. The number of rotatable bonds is 5. The van der Waals surface area contributed by atoms with E-state index in [1.54, 1.807) is 0 Å². The third kappa shape index (κ3) is 3.41. The summed E-state index contributed by atoms with van der Waals surface area (Å²) in [7, 11) is 0. The Labute approximate surface area is 126 Å². The molecule has 1 aliphatic carbocycles. The molecule has 0 aliphatic heterocycles. The van der Waals surface area contributed by atoms with Gasteiger partial charge in [-0.15, -0.1) is 0 Å². The molecule has 0 unspecified atom stereocenters. The van der Waals surface area contributed by atoms with E-state index >= 15 is 0 Å². The minimum Gasteiger partial charge on any atom is -0.396 e. The molecule has 0 radical (unpaired) electrons. The topological polar surface area (TPSA) is 58.0 Å². The second kappa shape index (κ2) is 6.72. The molecule has 0 bridgehead atoms. The fraction of sp³-hybridized carbons (Fsp3) is 0.733. The second-order valence-corrected chi connectivity index (χ2v) is 6.51. The summed E-state index contributed by atoms with van der Waals surface area (Å²) in [6.07, 6.45) is 7.31. The van der Waals surface area contributed by atoms with Crippen LogP contribution in [-0.4, -0.2) is 28.2 Å². The van der Waals surface area contributed by atoms with Crippen LogP contribution < -0.4 is 5.32 Å². The van der Waals surface area contributed by atoms with Crippen molar-refractivity contribution in [3.63, 3.8) is 0 Å². The first-order valence-corrected chi connectivity index (χ1v) is 7.81. The number of aliphatic hydroxyl groups is 1. The third-order valence-corrected chi connectivity index (χ3v) is 4.59. The van der Waals surface area contributed by atoms with Crippen LogP contribution in [0.25, 0.3) is 0 Å². The van der Waals surface area contributed by atoms with Crippen molar-refractivity contribution in [1.82, 2.24) is 9.97 Å². The van der Waals surface area contributed by atoms with E-state index in [1.807, 2.05) is 0 Å². The third-order valence-electron chi connectivity index (χ3n) is 4.29. The fourth-order valence-electron chi connectivity index (χ4n) is 2.99. The first kappa shape index (κ1) is 15.5. The predicted octanol–water partition coefficient (Wildman–Crippen LogP) is 3.61. The molecule has 1 aromatic heterocycles. The van der Waals surface area contributed by atoms with Gasteiger partial charge in [0.25, 0.3) is 0 Å². The van der Waals surface area contributed by atoms with Crippen molar-refractivity contribution < 1.29 is 5.11 Å². The Morgan fingerprint density at radius 2 is 2.00 bits per heavy atom. The number of hydrogen-bond acceptors (Lipinski definition) is 4. The fourth-order valence-corrected chi connectivity index (χ4v) is 3.34. The monoisotopic (exact) mass is 297 g/mol. The molecule has 4 nitrogen and oxygen atoms in total. The van der Waals surface area contributed by atoms with E-state index in [0.717, 1.165) is 30.8 Å². The van der Waals surface area contributed by atoms with Crippen LogP contribution in [0.1, 0.15) is 57.4 Å². The van der Waals surface area contributed by atoms with Gasteiger partial charge < -0.3 is 10.4 Å². The van der Waals surface area contributed by atoms with Crippen LogP contribution >= 0.6 is 11.6 Å². The van der Waals surface area contributed by atoms with Gasteiger partial charge in [0.15, 0.2) is 0 Å². The average Bonchev–Trinajstić information content (AvgIpc) is 2.45. The van der Waals surface area contributed by atoms with E-state index in [4.69, 9.17) is 11.6 Å². The van der Waals surface area contributed by atoms with Gasteiger partial charge in [0.2, 0.25) is 0 Å². The van der Waals surface area contributed by atoms with Gasteiger partial charge in [0.05, 0.1) is 6.61 Å². The second-order valence-electron chi connectivity index (χ2n) is 6.15.